The number of halogens is 1. The molecule has 0 radical (unpaired) electrons. The normalized spacial score (nSPS) is 19.0. The van der Waals surface area contributed by atoms with E-state index in [9.17, 15) is 0 Å². The molecule has 13 heavy (non-hydrogen) atoms. The molecular weight excluding hydrogens is 234 g/mol. The summed E-state index contributed by atoms with van der Waals surface area (Å²) in [6.45, 7) is 1.04. The third kappa shape index (κ3) is 2.14. The fourth-order valence-corrected chi connectivity index (χ4v) is 1.18. The molecule has 0 amide bonds. The number of fused-ring (bicyclic) bond motifs is 1. The zero-order chi connectivity index (χ0) is 8.39. The first-order chi connectivity index (χ1) is 5.90. The van der Waals surface area contributed by atoms with Crippen molar-refractivity contribution < 1.29 is 26.5 Å². The molecule has 0 aliphatic carbocycles. The van der Waals surface area contributed by atoms with Crippen molar-refractivity contribution in [2.45, 2.75) is 6.10 Å². The number of rotatable bonds is 1. The predicted molar refractivity (Wildman–Crippen MR) is 45.4 cm³/mol. The fraction of sp³-hybridized carbons (Fsp3) is 0.333. The number of para-hydroxylation sites is 2. The molecular formula is C9H11BrNO2-. The monoisotopic (exact) mass is 244 g/mol. The van der Waals surface area contributed by atoms with Crippen LogP contribution in [0.4, 0.5) is 0 Å². The SMILES string of the molecule is NCC1COc2ccccc2O1.[Br-]. The van der Waals surface area contributed by atoms with E-state index in [0.29, 0.717) is 13.2 Å². The molecule has 0 saturated carbocycles. The lowest BCUT2D eigenvalue weighted by molar-refractivity contribution is -0.00000324. The van der Waals surface area contributed by atoms with Gasteiger partial charge in [0, 0.05) is 6.54 Å². The first kappa shape index (κ1) is 10.3. The Hall–Kier alpha value is -0.740. The molecule has 1 aliphatic heterocycles. The molecule has 1 aliphatic rings. The van der Waals surface area contributed by atoms with E-state index in [1.165, 1.54) is 0 Å². The lowest BCUT2D eigenvalue weighted by Gasteiger charge is -2.25. The minimum atomic E-state index is -0.0000926. The van der Waals surface area contributed by atoms with Crippen LogP contribution in [0.15, 0.2) is 24.3 Å². The smallest absolute Gasteiger partial charge is 0.161 e. The van der Waals surface area contributed by atoms with Crippen molar-refractivity contribution >= 4 is 0 Å². The van der Waals surface area contributed by atoms with Crippen LogP contribution in [0.3, 0.4) is 0 Å². The minimum Gasteiger partial charge on any atom is -1.00 e. The highest BCUT2D eigenvalue weighted by Crippen LogP contribution is 2.30. The zero-order valence-electron chi connectivity index (χ0n) is 7.07. The van der Waals surface area contributed by atoms with Gasteiger partial charge in [0.15, 0.2) is 11.5 Å². The number of nitrogens with two attached hydrogens (primary N) is 1. The van der Waals surface area contributed by atoms with Crippen molar-refractivity contribution in [1.82, 2.24) is 0 Å². The van der Waals surface area contributed by atoms with Crippen molar-refractivity contribution in [2.24, 2.45) is 5.73 Å². The molecule has 0 fully saturated rings. The van der Waals surface area contributed by atoms with Crippen LogP contribution < -0.4 is 32.2 Å². The van der Waals surface area contributed by atoms with Gasteiger partial charge in [0.1, 0.15) is 12.7 Å². The zero-order valence-corrected chi connectivity index (χ0v) is 8.66. The van der Waals surface area contributed by atoms with Gasteiger partial charge in [-0.15, -0.1) is 0 Å². The molecule has 3 nitrogen and oxygen atoms in total. The Morgan fingerprint density at radius 3 is 2.69 bits per heavy atom. The van der Waals surface area contributed by atoms with E-state index in [2.05, 4.69) is 0 Å². The second kappa shape index (κ2) is 4.48. The molecule has 1 heterocycles. The third-order valence-electron chi connectivity index (χ3n) is 1.83. The molecule has 0 aromatic heterocycles. The average molecular weight is 245 g/mol. The van der Waals surface area contributed by atoms with E-state index in [-0.39, 0.29) is 23.1 Å². The predicted octanol–water partition coefficient (Wildman–Crippen LogP) is -2.21. The number of hydrogen-bond acceptors (Lipinski definition) is 3. The Morgan fingerprint density at radius 1 is 1.31 bits per heavy atom. The lowest BCUT2D eigenvalue weighted by Crippen LogP contribution is -3.00. The number of hydrogen-bond donors (Lipinski definition) is 1. The molecule has 0 spiro atoms. The van der Waals surface area contributed by atoms with Gasteiger partial charge >= 0.3 is 0 Å². The summed E-state index contributed by atoms with van der Waals surface area (Å²) >= 11 is 0. The first-order valence-corrected chi connectivity index (χ1v) is 3.98. The topological polar surface area (TPSA) is 44.5 Å². The van der Waals surface area contributed by atoms with Gasteiger partial charge in [-0.05, 0) is 12.1 Å². The Balaban J connectivity index is 0.000000845. The van der Waals surface area contributed by atoms with Crippen LogP contribution in [0, 0.1) is 0 Å². The number of benzene rings is 1. The van der Waals surface area contributed by atoms with E-state index in [1.807, 2.05) is 24.3 Å². The fourth-order valence-electron chi connectivity index (χ4n) is 1.18. The largest absolute Gasteiger partial charge is 1.00 e. The Bertz CT molecular complexity index is 280. The number of ether oxygens (including phenoxy) is 2. The Labute approximate surface area is 87.6 Å². The van der Waals surface area contributed by atoms with Crippen molar-refractivity contribution in [2.75, 3.05) is 13.2 Å². The summed E-state index contributed by atoms with van der Waals surface area (Å²) in [5.74, 6) is 1.60. The molecule has 4 heteroatoms. The van der Waals surface area contributed by atoms with Crippen LogP contribution in [0.5, 0.6) is 11.5 Å². The van der Waals surface area contributed by atoms with Gasteiger partial charge in [0.05, 0.1) is 0 Å². The van der Waals surface area contributed by atoms with Gasteiger partial charge in [-0.25, -0.2) is 0 Å². The summed E-state index contributed by atoms with van der Waals surface area (Å²) in [4.78, 5) is 0. The van der Waals surface area contributed by atoms with Crippen molar-refractivity contribution in [3.63, 3.8) is 0 Å². The van der Waals surface area contributed by atoms with Crippen molar-refractivity contribution in [3.8, 4) is 11.5 Å². The van der Waals surface area contributed by atoms with Crippen LogP contribution >= 0.6 is 0 Å². The van der Waals surface area contributed by atoms with Crippen molar-refractivity contribution in [3.05, 3.63) is 24.3 Å². The maximum Gasteiger partial charge on any atom is 0.161 e. The van der Waals surface area contributed by atoms with Crippen LogP contribution in [0.2, 0.25) is 0 Å². The summed E-state index contributed by atoms with van der Waals surface area (Å²) in [5, 5.41) is 0. The van der Waals surface area contributed by atoms with E-state index in [0.717, 1.165) is 11.5 Å². The summed E-state index contributed by atoms with van der Waals surface area (Å²) in [7, 11) is 0. The maximum atomic E-state index is 5.53. The Kier molecular flexibility index (Phi) is 3.57. The van der Waals surface area contributed by atoms with Gasteiger partial charge in [0.25, 0.3) is 0 Å². The van der Waals surface area contributed by atoms with Crippen LogP contribution in [0.25, 0.3) is 0 Å². The average Bonchev–Trinajstić information content (AvgIpc) is 2.17. The summed E-state index contributed by atoms with van der Waals surface area (Å²) in [6.07, 6.45) is -0.0000926. The van der Waals surface area contributed by atoms with Gasteiger partial charge in [-0.3, -0.25) is 0 Å². The van der Waals surface area contributed by atoms with Crippen LogP contribution in [0.1, 0.15) is 0 Å². The third-order valence-corrected chi connectivity index (χ3v) is 1.83. The Morgan fingerprint density at radius 2 is 2.00 bits per heavy atom. The van der Waals surface area contributed by atoms with E-state index < -0.39 is 0 Å². The van der Waals surface area contributed by atoms with E-state index in [1.54, 1.807) is 0 Å². The van der Waals surface area contributed by atoms with Crippen LogP contribution in [-0.4, -0.2) is 19.3 Å². The van der Waals surface area contributed by atoms with Gasteiger partial charge in [-0.1, -0.05) is 12.1 Å². The standard InChI is InChI=1S/C9H11NO2.BrH/c10-5-7-6-11-8-3-1-2-4-9(8)12-7;/h1-4,7H,5-6,10H2;1H/p-1. The van der Waals surface area contributed by atoms with E-state index >= 15 is 0 Å². The molecule has 1 aromatic carbocycles. The molecule has 1 atom stereocenters. The highest BCUT2D eigenvalue weighted by molar-refractivity contribution is 5.40. The summed E-state index contributed by atoms with van der Waals surface area (Å²) in [5.41, 5.74) is 5.46. The first-order valence-electron chi connectivity index (χ1n) is 3.98. The quantitative estimate of drug-likeness (QED) is 0.610. The molecule has 2 N–H and O–H groups in total. The molecule has 0 saturated heterocycles. The second-order valence-electron chi connectivity index (χ2n) is 2.73. The van der Waals surface area contributed by atoms with Gasteiger partial charge < -0.3 is 32.2 Å². The second-order valence-corrected chi connectivity index (χ2v) is 2.73. The van der Waals surface area contributed by atoms with Crippen molar-refractivity contribution in [1.29, 1.82) is 0 Å². The summed E-state index contributed by atoms with van der Waals surface area (Å²) in [6, 6.07) is 7.62. The molecule has 72 valence electrons. The molecule has 0 bridgehead atoms. The van der Waals surface area contributed by atoms with Crippen LogP contribution in [-0.2, 0) is 0 Å². The minimum absolute atomic E-state index is 0. The highest BCUT2D eigenvalue weighted by Gasteiger charge is 2.18. The van der Waals surface area contributed by atoms with Gasteiger partial charge in [-0.2, -0.15) is 0 Å². The lowest BCUT2D eigenvalue weighted by atomic mass is 10.2. The highest BCUT2D eigenvalue weighted by atomic mass is 79.9. The summed E-state index contributed by atoms with van der Waals surface area (Å²) < 4.78 is 11.0. The maximum absolute atomic E-state index is 5.53. The van der Waals surface area contributed by atoms with Gasteiger partial charge in [0.2, 0.25) is 0 Å². The van der Waals surface area contributed by atoms with E-state index in [4.69, 9.17) is 15.2 Å². The molecule has 1 unspecified atom stereocenters. The molecule has 1 aromatic rings. The molecule has 2 rings (SSSR count).